The van der Waals surface area contributed by atoms with E-state index in [1.165, 1.54) is 0 Å². The summed E-state index contributed by atoms with van der Waals surface area (Å²) in [5.41, 5.74) is -1.18. The van der Waals surface area contributed by atoms with E-state index in [2.05, 4.69) is 4.65 Å². The van der Waals surface area contributed by atoms with Gasteiger partial charge in [0.05, 0.1) is 5.56 Å². The molecule has 1 rings (SSSR count). The molecule has 0 saturated heterocycles. The summed E-state index contributed by atoms with van der Waals surface area (Å²) in [4.78, 5) is 0. The fourth-order valence-electron chi connectivity index (χ4n) is 0.886. The average Bonchev–Trinajstić information content (AvgIpc) is 2.05. The van der Waals surface area contributed by atoms with Gasteiger partial charge in [0, 0.05) is 0 Å². The zero-order valence-corrected chi connectivity index (χ0v) is 7.12. The van der Waals surface area contributed by atoms with Crippen LogP contribution < -0.4 is 4.65 Å². The number of benzene rings is 1. The maximum Gasteiger partial charge on any atom is 0.707 e. The second-order valence-electron chi connectivity index (χ2n) is 2.59. The Balaban J connectivity index is 2.98. The van der Waals surface area contributed by atoms with Gasteiger partial charge in [-0.25, -0.2) is 4.39 Å². The third-order valence-corrected chi connectivity index (χ3v) is 1.49. The summed E-state index contributed by atoms with van der Waals surface area (Å²) in [7, 11) is -2.28. The molecule has 3 nitrogen and oxygen atoms in total. The molecule has 0 heterocycles. The molecule has 82 valence electrons. The van der Waals surface area contributed by atoms with Gasteiger partial charge in [0.2, 0.25) is 0 Å². The van der Waals surface area contributed by atoms with Crippen molar-refractivity contribution in [3.63, 3.8) is 0 Å². The van der Waals surface area contributed by atoms with Gasteiger partial charge in [0.1, 0.15) is 5.75 Å². The molecular formula is C7H5BF4O3. The number of rotatable bonds is 2. The lowest BCUT2D eigenvalue weighted by Gasteiger charge is -2.09. The van der Waals surface area contributed by atoms with Crippen LogP contribution in [0.2, 0.25) is 0 Å². The zero-order valence-electron chi connectivity index (χ0n) is 7.12. The van der Waals surface area contributed by atoms with Gasteiger partial charge in [-0.1, -0.05) is 0 Å². The monoisotopic (exact) mass is 224 g/mol. The Morgan fingerprint density at radius 3 is 2.20 bits per heavy atom. The molecule has 0 fully saturated rings. The van der Waals surface area contributed by atoms with E-state index in [0.717, 1.165) is 0 Å². The molecule has 0 radical (unpaired) electrons. The van der Waals surface area contributed by atoms with Gasteiger partial charge in [-0.3, -0.25) is 0 Å². The van der Waals surface area contributed by atoms with Crippen molar-refractivity contribution in [2.45, 2.75) is 6.18 Å². The Kier molecular flexibility index (Phi) is 3.20. The predicted molar refractivity (Wildman–Crippen MR) is 42.2 cm³/mol. The Labute approximate surface area is 82.1 Å². The SMILES string of the molecule is OB(O)Oc1ccc(C(F)(F)F)cc1F. The zero-order chi connectivity index (χ0) is 11.6. The predicted octanol–water partition coefficient (Wildman–Crippen LogP) is 1.19. The molecule has 0 bridgehead atoms. The molecule has 0 aliphatic rings. The van der Waals surface area contributed by atoms with E-state index >= 15 is 0 Å². The second kappa shape index (κ2) is 4.07. The summed E-state index contributed by atoms with van der Waals surface area (Å²) < 4.78 is 53.1. The van der Waals surface area contributed by atoms with Gasteiger partial charge in [-0.15, -0.1) is 0 Å². The quantitative estimate of drug-likeness (QED) is 0.585. The Morgan fingerprint density at radius 2 is 1.80 bits per heavy atom. The van der Waals surface area contributed by atoms with Crippen molar-refractivity contribution in [2.24, 2.45) is 0 Å². The van der Waals surface area contributed by atoms with E-state index in [1.54, 1.807) is 0 Å². The molecule has 0 amide bonds. The van der Waals surface area contributed by atoms with Crippen LogP contribution in [0.1, 0.15) is 5.56 Å². The van der Waals surface area contributed by atoms with Crippen molar-refractivity contribution in [2.75, 3.05) is 0 Å². The fourth-order valence-corrected chi connectivity index (χ4v) is 0.886. The molecule has 0 saturated carbocycles. The summed E-state index contributed by atoms with van der Waals surface area (Å²) in [6.45, 7) is 0. The minimum Gasteiger partial charge on any atom is -0.510 e. The Hall–Kier alpha value is -1.28. The third kappa shape index (κ3) is 3.10. The standard InChI is InChI=1S/C7H5BF4O3/c9-5-3-4(7(10,11)12)1-2-6(5)15-8(13)14/h1-3,13-14H. The minimum atomic E-state index is -4.66. The fraction of sp³-hybridized carbons (Fsp3) is 0.143. The first-order valence-electron chi connectivity index (χ1n) is 3.70. The first-order valence-corrected chi connectivity index (χ1v) is 3.70. The van der Waals surface area contributed by atoms with Gasteiger partial charge < -0.3 is 14.7 Å². The molecule has 0 aliphatic heterocycles. The van der Waals surface area contributed by atoms with Crippen LogP contribution in [0.5, 0.6) is 5.75 Å². The largest absolute Gasteiger partial charge is 0.707 e. The molecule has 2 N–H and O–H groups in total. The molecule has 0 aliphatic carbocycles. The van der Waals surface area contributed by atoms with Crippen LogP contribution in [-0.2, 0) is 6.18 Å². The van der Waals surface area contributed by atoms with Crippen LogP contribution in [0, 0.1) is 5.82 Å². The molecule has 15 heavy (non-hydrogen) atoms. The first-order chi connectivity index (χ1) is 6.80. The van der Waals surface area contributed by atoms with E-state index in [1.807, 2.05) is 0 Å². The van der Waals surface area contributed by atoms with Crippen molar-refractivity contribution in [1.82, 2.24) is 0 Å². The van der Waals surface area contributed by atoms with Gasteiger partial charge in [0.15, 0.2) is 5.82 Å². The van der Waals surface area contributed by atoms with E-state index in [0.29, 0.717) is 12.1 Å². The van der Waals surface area contributed by atoms with Gasteiger partial charge >= 0.3 is 13.5 Å². The van der Waals surface area contributed by atoms with E-state index < -0.39 is 30.6 Å². The molecular weight excluding hydrogens is 219 g/mol. The van der Waals surface area contributed by atoms with Crippen LogP contribution >= 0.6 is 0 Å². The lowest BCUT2D eigenvalue weighted by atomic mass is 10.2. The van der Waals surface area contributed by atoms with Crippen LogP contribution in [-0.4, -0.2) is 17.4 Å². The summed E-state index contributed by atoms with van der Waals surface area (Å²) in [5, 5.41) is 16.6. The van der Waals surface area contributed by atoms with E-state index in [9.17, 15) is 17.6 Å². The van der Waals surface area contributed by atoms with Crippen molar-refractivity contribution in [3.05, 3.63) is 29.6 Å². The summed E-state index contributed by atoms with van der Waals surface area (Å²) in [6, 6.07) is 1.44. The van der Waals surface area contributed by atoms with Crippen molar-refractivity contribution < 1.29 is 32.3 Å². The molecule has 1 aromatic rings. The maximum atomic E-state index is 12.9. The maximum absolute atomic E-state index is 12.9. The van der Waals surface area contributed by atoms with Crippen LogP contribution in [0.3, 0.4) is 0 Å². The lowest BCUT2D eigenvalue weighted by Crippen LogP contribution is -2.21. The van der Waals surface area contributed by atoms with Crippen molar-refractivity contribution in [1.29, 1.82) is 0 Å². The third-order valence-electron chi connectivity index (χ3n) is 1.49. The Morgan fingerprint density at radius 1 is 1.20 bits per heavy atom. The van der Waals surface area contributed by atoms with Crippen LogP contribution in [0.15, 0.2) is 18.2 Å². The van der Waals surface area contributed by atoms with Gasteiger partial charge in [0.25, 0.3) is 0 Å². The lowest BCUT2D eigenvalue weighted by molar-refractivity contribution is -0.137. The highest BCUT2D eigenvalue weighted by Crippen LogP contribution is 2.31. The number of hydrogen-bond acceptors (Lipinski definition) is 3. The number of hydrogen-bond donors (Lipinski definition) is 2. The first kappa shape index (κ1) is 11.8. The average molecular weight is 224 g/mol. The number of halogens is 4. The van der Waals surface area contributed by atoms with Gasteiger partial charge in [-0.2, -0.15) is 13.2 Å². The normalized spacial score (nSPS) is 11.3. The topological polar surface area (TPSA) is 49.7 Å². The number of alkyl halides is 3. The second-order valence-corrected chi connectivity index (χ2v) is 2.59. The van der Waals surface area contributed by atoms with Gasteiger partial charge in [-0.05, 0) is 18.2 Å². The summed E-state index contributed by atoms with van der Waals surface area (Å²) in [6.07, 6.45) is -4.66. The highest BCUT2D eigenvalue weighted by molar-refractivity contribution is 6.33. The minimum absolute atomic E-state index is 0.206. The van der Waals surface area contributed by atoms with Crippen molar-refractivity contribution >= 4 is 7.32 Å². The molecule has 0 spiro atoms. The molecule has 0 atom stereocenters. The van der Waals surface area contributed by atoms with E-state index in [-0.39, 0.29) is 6.07 Å². The molecule has 1 aromatic carbocycles. The smallest absolute Gasteiger partial charge is 0.510 e. The summed E-state index contributed by atoms with van der Waals surface area (Å²) >= 11 is 0. The summed E-state index contributed by atoms with van der Waals surface area (Å²) in [5.74, 6) is -1.99. The van der Waals surface area contributed by atoms with Crippen LogP contribution in [0.25, 0.3) is 0 Å². The van der Waals surface area contributed by atoms with Crippen LogP contribution in [0.4, 0.5) is 17.6 Å². The van der Waals surface area contributed by atoms with E-state index in [4.69, 9.17) is 10.0 Å². The van der Waals surface area contributed by atoms with Crippen molar-refractivity contribution in [3.8, 4) is 5.75 Å². The Bertz CT molecular complexity index is 353. The molecule has 0 aromatic heterocycles. The highest BCUT2D eigenvalue weighted by Gasteiger charge is 2.31. The highest BCUT2D eigenvalue weighted by atomic mass is 19.4. The molecule has 0 unspecified atom stereocenters. The molecule has 8 heteroatoms.